The zero-order valence-electron chi connectivity index (χ0n) is 11.5. The van der Waals surface area contributed by atoms with Gasteiger partial charge in [0, 0.05) is 28.4 Å². The summed E-state index contributed by atoms with van der Waals surface area (Å²) in [5, 5.41) is 13.1. The van der Waals surface area contributed by atoms with E-state index in [9.17, 15) is 13.9 Å². The molecule has 1 aromatic heterocycles. The predicted octanol–water partition coefficient (Wildman–Crippen LogP) is 3.34. The van der Waals surface area contributed by atoms with Crippen LogP contribution in [0.15, 0.2) is 24.3 Å². The van der Waals surface area contributed by atoms with Crippen LogP contribution in [0.4, 0.5) is 8.78 Å². The Morgan fingerprint density at radius 3 is 2.90 bits per heavy atom. The van der Waals surface area contributed by atoms with Crippen molar-refractivity contribution in [2.75, 3.05) is 6.54 Å². The Kier molecular flexibility index (Phi) is 4.33. The average Bonchev–Trinajstić information content (AvgIpc) is 3.02. The summed E-state index contributed by atoms with van der Waals surface area (Å²) >= 11 is 1.80. The number of nitrogens with one attached hydrogen (secondary N) is 1. The molecule has 3 rings (SSSR count). The quantitative estimate of drug-likeness (QED) is 0.888. The molecule has 1 aromatic carbocycles. The van der Waals surface area contributed by atoms with Gasteiger partial charge in [-0.25, -0.2) is 8.78 Å². The number of aliphatic hydroxyl groups excluding tert-OH is 1. The molecule has 0 spiro atoms. The van der Waals surface area contributed by atoms with E-state index >= 15 is 0 Å². The topological polar surface area (TPSA) is 32.3 Å². The predicted molar refractivity (Wildman–Crippen MR) is 79.4 cm³/mol. The SMILES string of the molecule is OC(CNCc1cc2c(s1)CCC2)c1cc(F)ccc1F. The molecule has 0 fully saturated rings. The van der Waals surface area contributed by atoms with Crippen molar-refractivity contribution in [1.29, 1.82) is 0 Å². The fraction of sp³-hybridized carbons (Fsp3) is 0.375. The van der Waals surface area contributed by atoms with Crippen LogP contribution in [0.2, 0.25) is 0 Å². The summed E-state index contributed by atoms with van der Waals surface area (Å²) < 4.78 is 26.6. The lowest BCUT2D eigenvalue weighted by atomic mass is 10.1. The summed E-state index contributed by atoms with van der Waals surface area (Å²) in [4.78, 5) is 2.69. The Morgan fingerprint density at radius 1 is 1.24 bits per heavy atom. The summed E-state index contributed by atoms with van der Waals surface area (Å²) in [6, 6.07) is 5.33. The first-order valence-corrected chi connectivity index (χ1v) is 7.89. The van der Waals surface area contributed by atoms with E-state index in [0.29, 0.717) is 6.54 Å². The van der Waals surface area contributed by atoms with E-state index in [-0.39, 0.29) is 12.1 Å². The Hall–Kier alpha value is -1.30. The van der Waals surface area contributed by atoms with Crippen LogP contribution in [0, 0.1) is 11.6 Å². The van der Waals surface area contributed by atoms with E-state index in [1.807, 2.05) is 0 Å². The minimum Gasteiger partial charge on any atom is -0.387 e. The largest absolute Gasteiger partial charge is 0.387 e. The van der Waals surface area contributed by atoms with Crippen molar-refractivity contribution in [3.05, 3.63) is 56.8 Å². The second-order valence-electron chi connectivity index (χ2n) is 5.33. The molecular weight excluding hydrogens is 292 g/mol. The van der Waals surface area contributed by atoms with E-state index in [1.54, 1.807) is 11.3 Å². The Bertz CT molecular complexity index is 620. The monoisotopic (exact) mass is 309 g/mol. The van der Waals surface area contributed by atoms with Gasteiger partial charge in [0.25, 0.3) is 0 Å². The van der Waals surface area contributed by atoms with Crippen molar-refractivity contribution in [3.63, 3.8) is 0 Å². The molecule has 1 heterocycles. The van der Waals surface area contributed by atoms with Crippen molar-refractivity contribution in [2.24, 2.45) is 0 Å². The molecule has 1 atom stereocenters. The number of hydrogen-bond acceptors (Lipinski definition) is 3. The van der Waals surface area contributed by atoms with Gasteiger partial charge in [0.2, 0.25) is 0 Å². The molecule has 2 aromatic rings. The molecular formula is C16H17F2NOS. The number of aryl methyl sites for hydroxylation is 2. The molecule has 21 heavy (non-hydrogen) atoms. The molecule has 112 valence electrons. The van der Waals surface area contributed by atoms with Gasteiger partial charge in [-0.1, -0.05) is 0 Å². The molecule has 0 aliphatic heterocycles. The molecule has 0 radical (unpaired) electrons. The maximum Gasteiger partial charge on any atom is 0.129 e. The smallest absolute Gasteiger partial charge is 0.129 e. The third-order valence-corrected chi connectivity index (χ3v) is 4.99. The van der Waals surface area contributed by atoms with E-state index in [2.05, 4.69) is 11.4 Å². The molecule has 2 N–H and O–H groups in total. The molecule has 5 heteroatoms. The molecule has 0 saturated heterocycles. The number of fused-ring (bicyclic) bond motifs is 1. The normalized spacial score (nSPS) is 15.2. The van der Waals surface area contributed by atoms with Crippen LogP contribution in [0.1, 0.15) is 33.4 Å². The number of benzene rings is 1. The van der Waals surface area contributed by atoms with Crippen LogP contribution in [-0.4, -0.2) is 11.7 Å². The zero-order chi connectivity index (χ0) is 14.8. The van der Waals surface area contributed by atoms with Gasteiger partial charge in [-0.05, 0) is 49.1 Å². The van der Waals surface area contributed by atoms with Gasteiger partial charge in [-0.15, -0.1) is 11.3 Å². The summed E-state index contributed by atoms with van der Waals surface area (Å²) in [5.74, 6) is -1.12. The van der Waals surface area contributed by atoms with Crippen molar-refractivity contribution in [1.82, 2.24) is 5.32 Å². The molecule has 1 unspecified atom stereocenters. The Morgan fingerprint density at radius 2 is 2.10 bits per heavy atom. The third kappa shape index (κ3) is 3.31. The molecule has 0 saturated carbocycles. The van der Waals surface area contributed by atoms with Gasteiger partial charge in [-0.3, -0.25) is 0 Å². The van der Waals surface area contributed by atoms with E-state index in [0.717, 1.165) is 31.0 Å². The fourth-order valence-corrected chi connectivity index (χ4v) is 3.92. The molecule has 1 aliphatic carbocycles. The second kappa shape index (κ2) is 6.22. The third-order valence-electron chi connectivity index (χ3n) is 3.75. The first-order chi connectivity index (χ1) is 10.1. The average molecular weight is 309 g/mol. The van der Waals surface area contributed by atoms with Crippen molar-refractivity contribution in [3.8, 4) is 0 Å². The van der Waals surface area contributed by atoms with Crippen LogP contribution in [0.3, 0.4) is 0 Å². The Labute approximate surface area is 126 Å². The second-order valence-corrected chi connectivity index (χ2v) is 6.55. The number of hydrogen-bond donors (Lipinski definition) is 2. The molecule has 1 aliphatic rings. The summed E-state index contributed by atoms with van der Waals surface area (Å²) in [5.41, 5.74) is 1.43. The molecule has 2 nitrogen and oxygen atoms in total. The first-order valence-electron chi connectivity index (χ1n) is 7.07. The van der Waals surface area contributed by atoms with E-state index in [1.165, 1.54) is 21.7 Å². The lowest BCUT2D eigenvalue weighted by Crippen LogP contribution is -2.21. The summed E-state index contributed by atoms with van der Waals surface area (Å²) in [6.07, 6.45) is 2.51. The summed E-state index contributed by atoms with van der Waals surface area (Å²) in [7, 11) is 0. The molecule has 0 amide bonds. The van der Waals surface area contributed by atoms with Gasteiger partial charge < -0.3 is 10.4 Å². The zero-order valence-corrected chi connectivity index (χ0v) is 12.4. The van der Waals surface area contributed by atoms with Crippen LogP contribution in [0.5, 0.6) is 0 Å². The Balaban J connectivity index is 1.55. The van der Waals surface area contributed by atoms with Gasteiger partial charge in [0.15, 0.2) is 0 Å². The molecule has 0 bridgehead atoms. The van der Waals surface area contributed by atoms with E-state index in [4.69, 9.17) is 0 Å². The number of aliphatic hydroxyl groups is 1. The minimum absolute atomic E-state index is 0.00354. The van der Waals surface area contributed by atoms with Crippen LogP contribution >= 0.6 is 11.3 Å². The number of thiophene rings is 1. The fourth-order valence-electron chi connectivity index (χ4n) is 2.69. The lowest BCUT2D eigenvalue weighted by molar-refractivity contribution is 0.169. The van der Waals surface area contributed by atoms with Crippen LogP contribution in [0.25, 0.3) is 0 Å². The van der Waals surface area contributed by atoms with Crippen molar-refractivity contribution >= 4 is 11.3 Å². The highest BCUT2D eigenvalue weighted by Crippen LogP contribution is 2.30. The first kappa shape index (κ1) is 14.6. The number of halogens is 2. The minimum atomic E-state index is -1.05. The lowest BCUT2D eigenvalue weighted by Gasteiger charge is -2.12. The highest BCUT2D eigenvalue weighted by Gasteiger charge is 2.16. The van der Waals surface area contributed by atoms with E-state index < -0.39 is 17.7 Å². The van der Waals surface area contributed by atoms with Crippen molar-refractivity contribution in [2.45, 2.75) is 31.9 Å². The van der Waals surface area contributed by atoms with Crippen LogP contribution in [-0.2, 0) is 19.4 Å². The maximum atomic E-state index is 13.5. The summed E-state index contributed by atoms with van der Waals surface area (Å²) in [6.45, 7) is 0.842. The number of rotatable bonds is 5. The van der Waals surface area contributed by atoms with Crippen molar-refractivity contribution < 1.29 is 13.9 Å². The van der Waals surface area contributed by atoms with Gasteiger partial charge in [-0.2, -0.15) is 0 Å². The van der Waals surface area contributed by atoms with Crippen LogP contribution < -0.4 is 5.32 Å². The standard InChI is InChI=1S/C16H17F2NOS/c17-11-4-5-14(18)13(7-11)15(20)9-19-8-12-6-10-2-1-3-16(10)21-12/h4-7,15,19-20H,1-3,8-9H2. The van der Waals surface area contributed by atoms with Gasteiger partial charge >= 0.3 is 0 Å². The highest BCUT2D eigenvalue weighted by molar-refractivity contribution is 7.12. The highest BCUT2D eigenvalue weighted by atomic mass is 32.1. The van der Waals surface area contributed by atoms with Gasteiger partial charge in [0.1, 0.15) is 11.6 Å². The maximum absolute atomic E-state index is 13.5. The van der Waals surface area contributed by atoms with Gasteiger partial charge in [0.05, 0.1) is 6.10 Å².